The molecule has 1 fully saturated rings. The summed E-state index contributed by atoms with van der Waals surface area (Å²) in [5, 5.41) is 9.16. The number of aliphatic hydroxyl groups excluding tert-OH is 1. The Morgan fingerprint density at radius 3 is 1.96 bits per heavy atom. The highest BCUT2D eigenvalue weighted by atomic mass is 19.2. The second-order valence-corrected chi connectivity index (χ2v) is 6.39. The van der Waals surface area contributed by atoms with Crippen LogP contribution in [0.3, 0.4) is 0 Å². The first kappa shape index (κ1) is 17.0. The third kappa shape index (κ3) is 3.31. The maximum Gasteiger partial charge on any atom is 0.159 e. The molecule has 1 saturated carbocycles. The van der Waals surface area contributed by atoms with Gasteiger partial charge in [0.05, 0.1) is 5.56 Å². The lowest BCUT2D eigenvalue weighted by molar-refractivity contribution is 0.182. The topological polar surface area (TPSA) is 20.2 Å². The summed E-state index contributed by atoms with van der Waals surface area (Å²) in [6, 6.07) is 5.37. The molecule has 1 N–H and O–H groups in total. The number of rotatable bonds is 3. The average molecular weight is 338 g/mol. The van der Waals surface area contributed by atoms with Crippen LogP contribution < -0.4 is 0 Å². The number of halogens is 4. The first-order chi connectivity index (χ1) is 11.5. The van der Waals surface area contributed by atoms with Gasteiger partial charge in [-0.05, 0) is 72.9 Å². The highest BCUT2D eigenvalue weighted by molar-refractivity contribution is 5.65. The van der Waals surface area contributed by atoms with Gasteiger partial charge in [-0.25, -0.2) is 17.6 Å². The van der Waals surface area contributed by atoms with Crippen molar-refractivity contribution in [2.24, 2.45) is 5.92 Å². The molecule has 0 radical (unpaired) electrons. The van der Waals surface area contributed by atoms with E-state index >= 15 is 0 Å². The first-order valence-electron chi connectivity index (χ1n) is 8.04. The van der Waals surface area contributed by atoms with E-state index in [1.54, 1.807) is 0 Å². The minimum Gasteiger partial charge on any atom is -0.396 e. The molecule has 2 aromatic rings. The van der Waals surface area contributed by atoms with Crippen molar-refractivity contribution in [3.05, 3.63) is 59.2 Å². The summed E-state index contributed by atoms with van der Waals surface area (Å²) in [7, 11) is 0. The number of aliphatic hydroxyl groups is 1. The molecule has 24 heavy (non-hydrogen) atoms. The van der Waals surface area contributed by atoms with Crippen LogP contribution >= 0.6 is 0 Å². The van der Waals surface area contributed by atoms with E-state index in [1.165, 1.54) is 12.1 Å². The first-order valence-corrected chi connectivity index (χ1v) is 8.04. The molecule has 1 aliphatic carbocycles. The van der Waals surface area contributed by atoms with Gasteiger partial charge in [0, 0.05) is 6.61 Å². The lowest BCUT2D eigenvalue weighted by Gasteiger charge is -2.27. The monoisotopic (exact) mass is 338 g/mol. The minimum absolute atomic E-state index is 0.0283. The molecule has 2 aromatic carbocycles. The molecule has 0 bridgehead atoms. The van der Waals surface area contributed by atoms with Gasteiger partial charge in [0.2, 0.25) is 0 Å². The summed E-state index contributed by atoms with van der Waals surface area (Å²) in [6.45, 7) is 0.143. The van der Waals surface area contributed by atoms with E-state index in [9.17, 15) is 17.6 Å². The largest absolute Gasteiger partial charge is 0.396 e. The van der Waals surface area contributed by atoms with Gasteiger partial charge < -0.3 is 5.11 Å². The zero-order valence-electron chi connectivity index (χ0n) is 13.0. The molecule has 1 aliphatic rings. The predicted molar refractivity (Wildman–Crippen MR) is 83.5 cm³/mol. The molecule has 0 unspecified atom stereocenters. The van der Waals surface area contributed by atoms with Gasteiger partial charge in [0.15, 0.2) is 11.6 Å². The molecule has 3 rings (SSSR count). The second-order valence-electron chi connectivity index (χ2n) is 6.39. The van der Waals surface area contributed by atoms with Crippen molar-refractivity contribution in [1.82, 2.24) is 0 Å². The molecule has 0 atom stereocenters. The third-order valence-corrected chi connectivity index (χ3v) is 4.85. The van der Waals surface area contributed by atoms with Crippen LogP contribution in [0.4, 0.5) is 17.6 Å². The Morgan fingerprint density at radius 2 is 1.42 bits per heavy atom. The Hall–Kier alpha value is -1.88. The fourth-order valence-corrected chi connectivity index (χ4v) is 3.43. The zero-order chi connectivity index (χ0) is 17.3. The minimum atomic E-state index is -1.14. The maximum atomic E-state index is 14.4. The summed E-state index contributed by atoms with van der Waals surface area (Å²) in [5.41, 5.74) is 0.203. The van der Waals surface area contributed by atoms with Gasteiger partial charge in [0.25, 0.3) is 0 Å². The van der Waals surface area contributed by atoms with Crippen LogP contribution in [0.1, 0.15) is 37.2 Å². The predicted octanol–water partition coefficient (Wildman–Crippen LogP) is 5.18. The van der Waals surface area contributed by atoms with Crippen LogP contribution in [0.5, 0.6) is 0 Å². The summed E-state index contributed by atoms with van der Waals surface area (Å²) >= 11 is 0. The summed E-state index contributed by atoms with van der Waals surface area (Å²) in [5.74, 6) is -3.44. The maximum absolute atomic E-state index is 14.4. The van der Waals surface area contributed by atoms with Crippen molar-refractivity contribution in [2.75, 3.05) is 6.61 Å². The summed E-state index contributed by atoms with van der Waals surface area (Å²) < 4.78 is 55.2. The third-order valence-electron chi connectivity index (χ3n) is 4.85. The fourth-order valence-electron chi connectivity index (χ4n) is 3.43. The Bertz CT molecular complexity index is 713. The van der Waals surface area contributed by atoms with Crippen LogP contribution in [0.25, 0.3) is 11.1 Å². The van der Waals surface area contributed by atoms with E-state index in [4.69, 9.17) is 5.11 Å². The van der Waals surface area contributed by atoms with Crippen LogP contribution in [0, 0.1) is 29.2 Å². The fraction of sp³-hybridized carbons (Fsp3) is 0.368. The van der Waals surface area contributed by atoms with Gasteiger partial charge in [-0.1, -0.05) is 6.07 Å². The zero-order valence-corrected chi connectivity index (χ0v) is 13.0. The molecule has 0 spiro atoms. The van der Waals surface area contributed by atoms with Crippen LogP contribution in [-0.2, 0) is 0 Å². The second kappa shape index (κ2) is 6.93. The van der Waals surface area contributed by atoms with Crippen molar-refractivity contribution in [2.45, 2.75) is 31.6 Å². The van der Waals surface area contributed by atoms with Crippen molar-refractivity contribution in [1.29, 1.82) is 0 Å². The van der Waals surface area contributed by atoms with E-state index in [0.717, 1.165) is 43.9 Å². The van der Waals surface area contributed by atoms with E-state index in [0.29, 0.717) is 5.56 Å². The lowest BCUT2D eigenvalue weighted by Crippen LogP contribution is -2.16. The van der Waals surface area contributed by atoms with Crippen LogP contribution in [0.2, 0.25) is 0 Å². The van der Waals surface area contributed by atoms with E-state index in [-0.39, 0.29) is 29.6 Å². The van der Waals surface area contributed by atoms with Crippen LogP contribution in [-0.4, -0.2) is 11.7 Å². The van der Waals surface area contributed by atoms with Gasteiger partial charge in [-0.2, -0.15) is 0 Å². The van der Waals surface area contributed by atoms with Gasteiger partial charge in [-0.15, -0.1) is 0 Å². The van der Waals surface area contributed by atoms with Crippen molar-refractivity contribution in [3.63, 3.8) is 0 Å². The molecule has 5 heteroatoms. The molecule has 128 valence electrons. The van der Waals surface area contributed by atoms with Crippen LogP contribution in [0.15, 0.2) is 30.3 Å². The van der Waals surface area contributed by atoms with E-state index < -0.39 is 23.3 Å². The standard InChI is InChI=1S/C19H18F4O/c20-15-6-5-13(7-16(15)21)19-17(22)8-14(9-18(19)23)12-3-1-11(10-24)2-4-12/h5-9,11-12,24H,1-4,10H2. The highest BCUT2D eigenvalue weighted by Crippen LogP contribution is 2.38. The molecule has 0 aromatic heterocycles. The molecular weight excluding hydrogens is 320 g/mol. The van der Waals surface area contributed by atoms with Crippen molar-refractivity contribution in [3.8, 4) is 11.1 Å². The quantitative estimate of drug-likeness (QED) is 0.765. The summed E-state index contributed by atoms with van der Waals surface area (Å²) in [4.78, 5) is 0. The lowest BCUT2D eigenvalue weighted by atomic mass is 9.78. The van der Waals surface area contributed by atoms with Crippen molar-refractivity contribution >= 4 is 0 Å². The van der Waals surface area contributed by atoms with Gasteiger partial charge >= 0.3 is 0 Å². The smallest absolute Gasteiger partial charge is 0.159 e. The molecular formula is C19H18F4O. The Labute approximate surface area is 137 Å². The number of hydrogen-bond acceptors (Lipinski definition) is 1. The summed E-state index contributed by atoms with van der Waals surface area (Å²) in [6.07, 6.45) is 3.20. The molecule has 0 heterocycles. The van der Waals surface area contributed by atoms with Gasteiger partial charge in [-0.3, -0.25) is 0 Å². The van der Waals surface area contributed by atoms with Gasteiger partial charge in [0.1, 0.15) is 11.6 Å². The number of benzene rings is 2. The van der Waals surface area contributed by atoms with E-state index in [2.05, 4.69) is 0 Å². The van der Waals surface area contributed by atoms with E-state index in [1.807, 2.05) is 0 Å². The normalized spacial score (nSPS) is 21.0. The Morgan fingerprint density at radius 1 is 0.792 bits per heavy atom. The average Bonchev–Trinajstić information content (AvgIpc) is 2.57. The molecule has 0 amide bonds. The number of hydrogen-bond donors (Lipinski definition) is 1. The Balaban J connectivity index is 1.90. The highest BCUT2D eigenvalue weighted by Gasteiger charge is 2.24. The molecule has 1 nitrogen and oxygen atoms in total. The SMILES string of the molecule is OCC1CCC(c2cc(F)c(-c3ccc(F)c(F)c3)c(F)c2)CC1. The Kier molecular flexibility index (Phi) is 4.90. The van der Waals surface area contributed by atoms with Crippen molar-refractivity contribution < 1.29 is 22.7 Å². The molecule has 0 saturated heterocycles. The molecule has 0 aliphatic heterocycles.